The third kappa shape index (κ3) is 2.16. The lowest BCUT2D eigenvalue weighted by atomic mass is 10.0. The van der Waals surface area contributed by atoms with Gasteiger partial charge in [-0.15, -0.1) is 11.6 Å². The topological polar surface area (TPSA) is 12.9 Å². The molecule has 1 aromatic heterocycles. The van der Waals surface area contributed by atoms with Crippen LogP contribution in [0, 0.1) is 5.82 Å². The molecule has 0 fully saturated rings. The van der Waals surface area contributed by atoms with Gasteiger partial charge in [-0.1, -0.05) is 12.1 Å². The van der Waals surface area contributed by atoms with E-state index in [1.807, 2.05) is 12.1 Å². The van der Waals surface area contributed by atoms with Gasteiger partial charge in [0.15, 0.2) is 0 Å². The number of pyridine rings is 1. The summed E-state index contributed by atoms with van der Waals surface area (Å²) in [6.07, 6.45) is 3.44. The number of alkyl halides is 1. The van der Waals surface area contributed by atoms with Gasteiger partial charge in [0.2, 0.25) is 0 Å². The molecular weight excluding hydrogens is 213 g/mol. The van der Waals surface area contributed by atoms with Crippen LogP contribution in [-0.2, 0) is 5.88 Å². The van der Waals surface area contributed by atoms with Crippen LogP contribution in [0.4, 0.5) is 4.39 Å². The maximum absolute atomic E-state index is 13.0. The molecule has 0 saturated heterocycles. The molecule has 15 heavy (non-hydrogen) atoms. The molecule has 0 spiro atoms. The molecule has 0 aliphatic heterocycles. The first kappa shape index (κ1) is 10.1. The van der Waals surface area contributed by atoms with Gasteiger partial charge in [-0.2, -0.15) is 0 Å². The summed E-state index contributed by atoms with van der Waals surface area (Å²) in [5.74, 6) is 0.0282. The lowest BCUT2D eigenvalue weighted by molar-refractivity contribution is 0.626. The molecule has 2 rings (SSSR count). The molecule has 0 aliphatic rings. The smallest absolute Gasteiger partial charge is 0.123 e. The normalized spacial score (nSPS) is 10.3. The molecule has 76 valence electrons. The van der Waals surface area contributed by atoms with Crippen LogP contribution in [0.15, 0.2) is 42.7 Å². The zero-order valence-corrected chi connectivity index (χ0v) is 8.71. The molecule has 0 aliphatic carbocycles. The van der Waals surface area contributed by atoms with E-state index in [-0.39, 0.29) is 5.82 Å². The molecule has 3 heteroatoms. The highest BCUT2D eigenvalue weighted by atomic mass is 35.5. The first-order valence-corrected chi connectivity index (χ1v) is 5.09. The Balaban J connectivity index is 2.53. The molecule has 2 aromatic rings. The van der Waals surface area contributed by atoms with E-state index in [9.17, 15) is 4.39 Å². The van der Waals surface area contributed by atoms with Crippen LogP contribution in [-0.4, -0.2) is 4.98 Å². The van der Waals surface area contributed by atoms with Crippen LogP contribution >= 0.6 is 11.6 Å². The maximum Gasteiger partial charge on any atom is 0.123 e. The fourth-order valence-corrected chi connectivity index (χ4v) is 1.70. The molecule has 1 heterocycles. The van der Waals surface area contributed by atoms with Gasteiger partial charge in [-0.05, 0) is 29.3 Å². The zero-order chi connectivity index (χ0) is 10.7. The minimum Gasteiger partial charge on any atom is -0.264 e. The van der Waals surface area contributed by atoms with E-state index in [4.69, 9.17) is 11.6 Å². The van der Waals surface area contributed by atoms with E-state index in [2.05, 4.69) is 4.98 Å². The SMILES string of the molecule is Fc1ccc(-c2cccnc2)c(CCl)c1. The lowest BCUT2D eigenvalue weighted by Crippen LogP contribution is -1.88. The summed E-state index contributed by atoms with van der Waals surface area (Å²) in [6, 6.07) is 8.38. The predicted molar refractivity (Wildman–Crippen MR) is 59.2 cm³/mol. The van der Waals surface area contributed by atoms with Crippen LogP contribution in [0.3, 0.4) is 0 Å². The Hall–Kier alpha value is -1.41. The number of nitrogens with zero attached hydrogens (tertiary/aromatic N) is 1. The summed E-state index contributed by atoms with van der Waals surface area (Å²) in [6.45, 7) is 0. The van der Waals surface area contributed by atoms with Crippen molar-refractivity contribution in [2.45, 2.75) is 5.88 Å². The minimum atomic E-state index is -0.265. The molecule has 0 bridgehead atoms. The lowest BCUT2D eigenvalue weighted by Gasteiger charge is -2.06. The second-order valence-electron chi connectivity index (χ2n) is 3.18. The van der Waals surface area contributed by atoms with E-state index in [0.29, 0.717) is 5.88 Å². The Bertz CT molecular complexity index is 456. The van der Waals surface area contributed by atoms with Crippen molar-refractivity contribution in [3.8, 4) is 11.1 Å². The van der Waals surface area contributed by atoms with Crippen molar-refractivity contribution in [1.29, 1.82) is 0 Å². The Labute approximate surface area is 92.5 Å². The fraction of sp³-hybridized carbons (Fsp3) is 0.0833. The van der Waals surface area contributed by atoms with E-state index in [0.717, 1.165) is 16.7 Å². The second-order valence-corrected chi connectivity index (χ2v) is 3.44. The van der Waals surface area contributed by atoms with Crippen LogP contribution in [0.5, 0.6) is 0 Å². The molecule has 0 saturated carbocycles. The highest BCUT2D eigenvalue weighted by Crippen LogP contribution is 2.24. The predicted octanol–water partition coefficient (Wildman–Crippen LogP) is 3.63. The second kappa shape index (κ2) is 4.41. The molecule has 0 unspecified atom stereocenters. The van der Waals surface area contributed by atoms with E-state index in [1.54, 1.807) is 18.5 Å². The monoisotopic (exact) mass is 221 g/mol. The fourth-order valence-electron chi connectivity index (χ4n) is 1.48. The minimum absolute atomic E-state index is 0.265. The van der Waals surface area contributed by atoms with E-state index < -0.39 is 0 Å². The summed E-state index contributed by atoms with van der Waals surface area (Å²) in [7, 11) is 0. The third-order valence-corrected chi connectivity index (χ3v) is 2.47. The van der Waals surface area contributed by atoms with Crippen LogP contribution in [0.25, 0.3) is 11.1 Å². The van der Waals surface area contributed by atoms with Crippen molar-refractivity contribution in [3.63, 3.8) is 0 Å². The third-order valence-electron chi connectivity index (χ3n) is 2.18. The number of hydrogen-bond donors (Lipinski definition) is 0. The van der Waals surface area contributed by atoms with Gasteiger partial charge in [0.05, 0.1) is 0 Å². The Morgan fingerprint density at radius 1 is 1.27 bits per heavy atom. The number of aromatic nitrogens is 1. The van der Waals surface area contributed by atoms with Crippen molar-refractivity contribution >= 4 is 11.6 Å². The van der Waals surface area contributed by atoms with Crippen LogP contribution in [0.2, 0.25) is 0 Å². The summed E-state index contributed by atoms with van der Waals surface area (Å²) in [5.41, 5.74) is 2.66. The number of hydrogen-bond acceptors (Lipinski definition) is 1. The van der Waals surface area contributed by atoms with Gasteiger partial charge >= 0.3 is 0 Å². The van der Waals surface area contributed by atoms with Crippen molar-refractivity contribution in [3.05, 3.63) is 54.1 Å². The van der Waals surface area contributed by atoms with E-state index in [1.165, 1.54) is 12.1 Å². The van der Waals surface area contributed by atoms with Gasteiger partial charge in [-0.25, -0.2) is 4.39 Å². The van der Waals surface area contributed by atoms with E-state index >= 15 is 0 Å². The number of halogens is 2. The maximum atomic E-state index is 13.0. The summed E-state index contributed by atoms with van der Waals surface area (Å²) in [4.78, 5) is 4.02. The first-order valence-electron chi connectivity index (χ1n) is 4.56. The first-order chi connectivity index (χ1) is 7.31. The Morgan fingerprint density at radius 3 is 2.80 bits per heavy atom. The molecule has 1 aromatic carbocycles. The van der Waals surface area contributed by atoms with Crippen LogP contribution < -0.4 is 0 Å². The summed E-state index contributed by atoms with van der Waals surface area (Å²) in [5, 5.41) is 0. The average molecular weight is 222 g/mol. The summed E-state index contributed by atoms with van der Waals surface area (Å²) >= 11 is 5.77. The van der Waals surface area contributed by atoms with Crippen molar-refractivity contribution in [2.75, 3.05) is 0 Å². The standard InChI is InChI=1S/C12H9ClFN/c13-7-10-6-11(14)3-4-12(10)9-2-1-5-15-8-9/h1-6,8H,7H2. The molecule has 0 radical (unpaired) electrons. The van der Waals surface area contributed by atoms with Crippen LogP contribution in [0.1, 0.15) is 5.56 Å². The zero-order valence-electron chi connectivity index (χ0n) is 7.95. The van der Waals surface area contributed by atoms with Crippen molar-refractivity contribution in [2.24, 2.45) is 0 Å². The van der Waals surface area contributed by atoms with Crippen molar-refractivity contribution < 1.29 is 4.39 Å². The molecule has 0 N–H and O–H groups in total. The van der Waals surface area contributed by atoms with Gasteiger partial charge < -0.3 is 0 Å². The van der Waals surface area contributed by atoms with Crippen molar-refractivity contribution in [1.82, 2.24) is 4.98 Å². The van der Waals surface area contributed by atoms with Gasteiger partial charge in [-0.3, -0.25) is 4.98 Å². The largest absolute Gasteiger partial charge is 0.264 e. The molecular formula is C12H9ClFN. The van der Waals surface area contributed by atoms with Gasteiger partial charge in [0, 0.05) is 23.8 Å². The number of benzene rings is 1. The molecule has 0 amide bonds. The quantitative estimate of drug-likeness (QED) is 0.706. The highest BCUT2D eigenvalue weighted by Gasteiger charge is 2.05. The van der Waals surface area contributed by atoms with Gasteiger partial charge in [0.1, 0.15) is 5.82 Å². The highest BCUT2D eigenvalue weighted by molar-refractivity contribution is 6.17. The Kier molecular flexibility index (Phi) is 2.97. The average Bonchev–Trinajstić information content (AvgIpc) is 2.30. The molecule has 1 nitrogen and oxygen atoms in total. The van der Waals surface area contributed by atoms with Gasteiger partial charge in [0.25, 0.3) is 0 Å². The summed E-state index contributed by atoms with van der Waals surface area (Å²) < 4.78 is 13.0. The Morgan fingerprint density at radius 2 is 2.13 bits per heavy atom. The molecule has 0 atom stereocenters. The number of rotatable bonds is 2.